The molecule has 6 nitrogen and oxygen atoms in total. The summed E-state index contributed by atoms with van der Waals surface area (Å²) in [5.74, 6) is 3.55. The molecule has 2 aromatic rings. The smallest absolute Gasteiger partial charge is 0.249 e. The van der Waals surface area contributed by atoms with Crippen LogP contribution in [0.15, 0.2) is 41.3 Å². The highest BCUT2D eigenvalue weighted by Gasteiger charge is 2.21. The van der Waals surface area contributed by atoms with Gasteiger partial charge in [0.25, 0.3) is 0 Å². The summed E-state index contributed by atoms with van der Waals surface area (Å²) in [7, 11) is 0.0222. The van der Waals surface area contributed by atoms with E-state index in [1.165, 1.54) is 6.07 Å². The van der Waals surface area contributed by atoms with E-state index in [-0.39, 0.29) is 4.90 Å². The minimum absolute atomic E-state index is 0.132. The molecule has 0 aliphatic carbocycles. The first kappa shape index (κ1) is 15.3. The zero-order valence-electron chi connectivity index (χ0n) is 11.8. The third-order valence-electron chi connectivity index (χ3n) is 3.16. The predicted molar refractivity (Wildman–Crippen MR) is 82.7 cm³/mol. The summed E-state index contributed by atoms with van der Waals surface area (Å²) in [6.45, 7) is 0. The van der Waals surface area contributed by atoms with Crippen LogP contribution in [0.25, 0.3) is 10.8 Å². The maximum atomic E-state index is 12.4. The molecule has 0 spiro atoms. The highest BCUT2D eigenvalue weighted by atomic mass is 32.2. The van der Waals surface area contributed by atoms with Crippen molar-refractivity contribution in [3.8, 4) is 0 Å². The van der Waals surface area contributed by atoms with Crippen LogP contribution in [0, 0.1) is 0 Å². The normalized spacial score (nSPS) is 11.4. The van der Waals surface area contributed by atoms with Crippen LogP contribution < -0.4 is 16.2 Å². The van der Waals surface area contributed by atoms with Gasteiger partial charge in [-0.05, 0) is 12.1 Å². The minimum Gasteiger partial charge on any atom is -0.377 e. The first-order valence-electron chi connectivity index (χ1n) is 6.28. The van der Waals surface area contributed by atoms with E-state index in [2.05, 4.69) is 0 Å². The van der Waals surface area contributed by atoms with E-state index in [9.17, 15) is 13.2 Å². The van der Waals surface area contributed by atoms with Gasteiger partial charge in [-0.25, -0.2) is 14.3 Å². The third-order valence-corrected chi connectivity index (χ3v) is 4.83. The molecule has 0 fully saturated rings. The van der Waals surface area contributed by atoms with Crippen LogP contribution in [0.1, 0.15) is 0 Å². The monoisotopic (exact) mass is 307 g/mol. The number of hydrazine groups is 1. The second-order valence-corrected chi connectivity index (χ2v) is 6.81. The van der Waals surface area contributed by atoms with Crippen molar-refractivity contribution in [1.82, 2.24) is 5.43 Å². The van der Waals surface area contributed by atoms with Gasteiger partial charge in [-0.2, -0.15) is 0 Å². The number of sulfone groups is 1. The Kier molecular flexibility index (Phi) is 4.15. The molecule has 1 amide bonds. The Morgan fingerprint density at radius 2 is 1.76 bits per heavy atom. The first-order chi connectivity index (χ1) is 9.86. The number of nitrogens with one attached hydrogen (secondary N) is 1. The van der Waals surface area contributed by atoms with Gasteiger partial charge in [0, 0.05) is 30.6 Å². The van der Waals surface area contributed by atoms with E-state index in [1.54, 1.807) is 18.2 Å². The van der Waals surface area contributed by atoms with Gasteiger partial charge in [-0.3, -0.25) is 10.2 Å². The van der Waals surface area contributed by atoms with Gasteiger partial charge in [-0.1, -0.05) is 24.3 Å². The highest BCUT2D eigenvalue weighted by Crippen LogP contribution is 2.30. The number of hydrogen-bond acceptors (Lipinski definition) is 5. The van der Waals surface area contributed by atoms with Crippen molar-refractivity contribution in [2.45, 2.75) is 4.90 Å². The van der Waals surface area contributed by atoms with E-state index < -0.39 is 21.5 Å². The van der Waals surface area contributed by atoms with E-state index in [0.717, 1.165) is 11.1 Å². The SMILES string of the molecule is CN(C)c1cccc2c(S(=O)(=O)CC(=O)NN)cccc12. The van der Waals surface area contributed by atoms with Crippen LogP contribution in [0.2, 0.25) is 0 Å². The molecular weight excluding hydrogens is 290 g/mol. The number of rotatable bonds is 4. The van der Waals surface area contributed by atoms with Crippen LogP contribution in [0.4, 0.5) is 5.69 Å². The van der Waals surface area contributed by atoms with Gasteiger partial charge in [0.05, 0.1) is 4.90 Å². The number of fused-ring (bicyclic) bond motifs is 1. The fourth-order valence-corrected chi connectivity index (χ4v) is 3.60. The summed E-state index contributed by atoms with van der Waals surface area (Å²) in [4.78, 5) is 13.3. The molecular formula is C14H17N3O3S. The number of benzene rings is 2. The first-order valence-corrected chi connectivity index (χ1v) is 7.93. The second kappa shape index (κ2) is 5.71. The fourth-order valence-electron chi connectivity index (χ4n) is 2.22. The molecule has 21 heavy (non-hydrogen) atoms. The number of nitrogens with two attached hydrogens (primary N) is 1. The van der Waals surface area contributed by atoms with Gasteiger partial charge < -0.3 is 4.90 Å². The molecule has 0 aliphatic rings. The number of amides is 1. The van der Waals surface area contributed by atoms with Crippen molar-refractivity contribution in [2.24, 2.45) is 5.84 Å². The lowest BCUT2D eigenvalue weighted by atomic mass is 10.1. The number of carbonyl (C=O) groups excluding carboxylic acids is 1. The Bertz CT molecular complexity index is 785. The summed E-state index contributed by atoms with van der Waals surface area (Å²) in [5.41, 5.74) is 2.75. The molecule has 0 unspecified atom stereocenters. The van der Waals surface area contributed by atoms with E-state index in [0.29, 0.717) is 5.39 Å². The summed E-state index contributed by atoms with van der Waals surface area (Å²) < 4.78 is 24.7. The molecule has 2 rings (SSSR count). The summed E-state index contributed by atoms with van der Waals surface area (Å²) >= 11 is 0. The largest absolute Gasteiger partial charge is 0.377 e. The minimum atomic E-state index is -3.75. The van der Waals surface area contributed by atoms with Crippen molar-refractivity contribution in [1.29, 1.82) is 0 Å². The number of hydrogen-bond donors (Lipinski definition) is 2. The van der Waals surface area contributed by atoms with Crippen LogP contribution in [-0.2, 0) is 14.6 Å². The van der Waals surface area contributed by atoms with E-state index in [1.807, 2.05) is 36.6 Å². The van der Waals surface area contributed by atoms with Gasteiger partial charge in [0.2, 0.25) is 5.91 Å². The molecule has 0 saturated heterocycles. The molecule has 2 aromatic carbocycles. The van der Waals surface area contributed by atoms with Gasteiger partial charge in [0.1, 0.15) is 5.75 Å². The van der Waals surface area contributed by atoms with Gasteiger partial charge in [0.15, 0.2) is 9.84 Å². The van der Waals surface area contributed by atoms with Crippen LogP contribution in [-0.4, -0.2) is 34.2 Å². The van der Waals surface area contributed by atoms with Crippen LogP contribution >= 0.6 is 0 Å². The topological polar surface area (TPSA) is 92.5 Å². The van der Waals surface area contributed by atoms with Crippen LogP contribution in [0.3, 0.4) is 0 Å². The lowest BCUT2D eigenvalue weighted by Gasteiger charge is -2.16. The standard InChI is InChI=1S/C14H17N3O3S/c1-17(2)12-7-3-6-11-10(12)5-4-8-13(11)21(19,20)9-14(18)16-15/h3-8H,9,15H2,1-2H3,(H,16,18). The Labute approximate surface area is 123 Å². The van der Waals surface area contributed by atoms with E-state index in [4.69, 9.17) is 5.84 Å². The average molecular weight is 307 g/mol. The summed E-state index contributed by atoms with van der Waals surface area (Å²) in [6.07, 6.45) is 0. The van der Waals surface area contributed by atoms with Crippen molar-refractivity contribution < 1.29 is 13.2 Å². The third kappa shape index (κ3) is 2.98. The Morgan fingerprint density at radius 1 is 1.14 bits per heavy atom. The molecule has 0 saturated carbocycles. The van der Waals surface area contributed by atoms with Crippen LogP contribution in [0.5, 0.6) is 0 Å². The molecule has 0 aromatic heterocycles. The highest BCUT2D eigenvalue weighted by molar-refractivity contribution is 7.92. The van der Waals surface area contributed by atoms with Gasteiger partial charge >= 0.3 is 0 Å². The van der Waals surface area contributed by atoms with Crippen molar-refractivity contribution >= 4 is 32.2 Å². The number of nitrogens with zero attached hydrogens (tertiary/aromatic N) is 1. The van der Waals surface area contributed by atoms with Crippen molar-refractivity contribution in [3.05, 3.63) is 36.4 Å². The Balaban J connectivity index is 2.66. The molecule has 3 N–H and O–H groups in total. The lowest BCUT2D eigenvalue weighted by molar-refractivity contribution is -0.118. The number of carbonyl (C=O) groups is 1. The van der Waals surface area contributed by atoms with E-state index >= 15 is 0 Å². The molecule has 0 radical (unpaired) electrons. The molecule has 0 aliphatic heterocycles. The Morgan fingerprint density at radius 3 is 2.38 bits per heavy atom. The predicted octanol–water partition coefficient (Wildman–Crippen LogP) is 0.669. The molecule has 0 heterocycles. The van der Waals surface area contributed by atoms with Crippen molar-refractivity contribution in [2.75, 3.05) is 24.7 Å². The molecule has 112 valence electrons. The zero-order valence-corrected chi connectivity index (χ0v) is 12.6. The summed E-state index contributed by atoms with van der Waals surface area (Å²) in [5, 5.41) is 1.41. The second-order valence-electron chi connectivity index (χ2n) is 4.85. The zero-order chi connectivity index (χ0) is 15.6. The molecule has 7 heteroatoms. The fraction of sp³-hybridized carbons (Fsp3) is 0.214. The molecule has 0 bridgehead atoms. The average Bonchev–Trinajstić information content (AvgIpc) is 2.45. The Hall–Kier alpha value is -2.12. The quantitative estimate of drug-likeness (QED) is 0.492. The molecule has 0 atom stereocenters. The van der Waals surface area contributed by atoms with Crippen molar-refractivity contribution in [3.63, 3.8) is 0 Å². The van der Waals surface area contributed by atoms with Gasteiger partial charge in [-0.15, -0.1) is 0 Å². The maximum Gasteiger partial charge on any atom is 0.249 e. The lowest BCUT2D eigenvalue weighted by Crippen LogP contribution is -2.35. The summed E-state index contributed by atoms with van der Waals surface area (Å²) in [6, 6.07) is 10.5. The number of anilines is 1. The maximum absolute atomic E-state index is 12.4.